The number of benzene rings is 1. The summed E-state index contributed by atoms with van der Waals surface area (Å²) in [5, 5.41) is 3.36. The molecule has 1 aromatic carbocycles. The number of carbonyl (C=O) groups excluding carboxylic acids is 1. The van der Waals surface area contributed by atoms with Crippen LogP contribution in [-0.2, 0) is 4.79 Å². The van der Waals surface area contributed by atoms with E-state index in [-0.39, 0.29) is 23.7 Å². The highest BCUT2D eigenvalue weighted by molar-refractivity contribution is 5.80. The molecule has 1 saturated heterocycles. The average molecular weight is 378 g/mol. The van der Waals surface area contributed by atoms with Crippen molar-refractivity contribution in [3.63, 3.8) is 0 Å². The second-order valence-electron chi connectivity index (χ2n) is 7.35. The minimum atomic E-state index is -0.243. The maximum absolute atomic E-state index is 13.2. The molecule has 0 saturated carbocycles. The Morgan fingerprint density at radius 3 is 2.70 bits per heavy atom. The number of rotatable bonds is 7. The summed E-state index contributed by atoms with van der Waals surface area (Å²) in [4.78, 5) is 20.4. The molecular weight excluding hydrogens is 345 g/mol. The van der Waals surface area contributed by atoms with Gasteiger partial charge in [0, 0.05) is 26.1 Å². The van der Waals surface area contributed by atoms with Crippen LogP contribution in [-0.4, -0.2) is 61.9 Å². The number of nitrogens with one attached hydrogen (secondary N) is 1. The van der Waals surface area contributed by atoms with Gasteiger partial charge in [-0.1, -0.05) is 12.1 Å². The van der Waals surface area contributed by atoms with Crippen molar-refractivity contribution >= 4 is 11.9 Å². The van der Waals surface area contributed by atoms with Gasteiger partial charge in [0.05, 0.1) is 12.6 Å². The molecule has 1 amide bonds. The number of likely N-dealkylation sites (N-methyl/N-ethyl adjacent to an activating group) is 1. The quantitative estimate of drug-likeness (QED) is 0.563. The minimum absolute atomic E-state index is 0.0606. The SMILES string of the molecule is CCNC(=NCC(c1ccc(F)cc1)N(C)C)N1CCCC(CC(N)=O)C1. The number of aliphatic imine (C=N–C) groups is 1. The molecule has 2 unspecified atom stereocenters. The van der Waals surface area contributed by atoms with Crippen LogP contribution in [0.25, 0.3) is 0 Å². The molecule has 2 rings (SSSR count). The molecule has 0 radical (unpaired) electrons. The lowest BCUT2D eigenvalue weighted by atomic mass is 9.95. The lowest BCUT2D eigenvalue weighted by Crippen LogP contribution is -2.47. The van der Waals surface area contributed by atoms with Gasteiger partial charge in [0.2, 0.25) is 5.91 Å². The van der Waals surface area contributed by atoms with Crippen molar-refractivity contribution < 1.29 is 9.18 Å². The molecule has 1 aliphatic heterocycles. The standard InChI is InChI=1S/C20H32FN5O/c1-4-23-20(26-11-5-6-15(14-26)12-19(22)27)24-13-18(25(2)3)16-7-9-17(21)10-8-16/h7-10,15,18H,4-6,11-14H2,1-3H3,(H2,22,27)(H,23,24). The van der Waals surface area contributed by atoms with Gasteiger partial charge in [0.25, 0.3) is 0 Å². The van der Waals surface area contributed by atoms with E-state index in [9.17, 15) is 9.18 Å². The van der Waals surface area contributed by atoms with Gasteiger partial charge in [-0.2, -0.15) is 0 Å². The molecule has 1 aliphatic rings. The number of carbonyl (C=O) groups is 1. The van der Waals surface area contributed by atoms with E-state index in [2.05, 4.69) is 15.1 Å². The number of amides is 1. The Kier molecular flexibility index (Phi) is 8.03. The average Bonchev–Trinajstić information content (AvgIpc) is 2.62. The van der Waals surface area contributed by atoms with E-state index in [1.165, 1.54) is 12.1 Å². The lowest BCUT2D eigenvalue weighted by Gasteiger charge is -2.35. The van der Waals surface area contributed by atoms with Crippen LogP contribution >= 0.6 is 0 Å². The summed E-state index contributed by atoms with van der Waals surface area (Å²) in [5.41, 5.74) is 6.41. The van der Waals surface area contributed by atoms with Gasteiger partial charge in [-0.05, 0) is 57.5 Å². The van der Waals surface area contributed by atoms with E-state index in [0.717, 1.165) is 44.0 Å². The molecule has 0 aliphatic carbocycles. The van der Waals surface area contributed by atoms with E-state index < -0.39 is 0 Å². The first-order chi connectivity index (χ1) is 12.9. The molecule has 0 bridgehead atoms. The molecule has 6 nitrogen and oxygen atoms in total. The highest BCUT2D eigenvalue weighted by Crippen LogP contribution is 2.21. The third-order valence-corrected chi connectivity index (χ3v) is 4.94. The topological polar surface area (TPSA) is 74.0 Å². The highest BCUT2D eigenvalue weighted by Gasteiger charge is 2.24. The summed E-state index contributed by atoms with van der Waals surface area (Å²) in [7, 11) is 4.00. The first-order valence-electron chi connectivity index (χ1n) is 9.64. The van der Waals surface area contributed by atoms with E-state index in [1.54, 1.807) is 0 Å². The van der Waals surface area contributed by atoms with Gasteiger partial charge in [-0.3, -0.25) is 9.79 Å². The van der Waals surface area contributed by atoms with Gasteiger partial charge in [-0.25, -0.2) is 4.39 Å². The Labute approximate surface area is 161 Å². The van der Waals surface area contributed by atoms with Crippen LogP contribution < -0.4 is 11.1 Å². The molecular formula is C20H32FN5O. The van der Waals surface area contributed by atoms with Crippen molar-refractivity contribution in [2.75, 3.05) is 40.3 Å². The Bertz CT molecular complexity index is 632. The zero-order valence-electron chi connectivity index (χ0n) is 16.6. The molecule has 1 aromatic rings. The van der Waals surface area contributed by atoms with Gasteiger partial charge in [0.1, 0.15) is 5.82 Å². The van der Waals surface area contributed by atoms with E-state index >= 15 is 0 Å². The van der Waals surface area contributed by atoms with Crippen molar-refractivity contribution in [1.29, 1.82) is 0 Å². The van der Waals surface area contributed by atoms with E-state index in [4.69, 9.17) is 10.7 Å². The summed E-state index contributed by atoms with van der Waals surface area (Å²) in [6, 6.07) is 6.66. The fraction of sp³-hybridized carbons (Fsp3) is 0.600. The summed E-state index contributed by atoms with van der Waals surface area (Å²) >= 11 is 0. The van der Waals surface area contributed by atoms with Crippen LogP contribution in [0.3, 0.4) is 0 Å². The number of nitrogens with zero attached hydrogens (tertiary/aromatic N) is 3. The molecule has 7 heteroatoms. The molecule has 1 fully saturated rings. The molecule has 1 heterocycles. The predicted octanol–water partition coefficient (Wildman–Crippen LogP) is 1.98. The number of likely N-dealkylation sites (tertiary alicyclic amines) is 1. The number of primary amides is 1. The van der Waals surface area contributed by atoms with Crippen LogP contribution in [0.1, 0.15) is 37.8 Å². The normalized spacial score (nSPS) is 19.2. The number of nitrogens with two attached hydrogens (primary N) is 1. The fourth-order valence-corrected chi connectivity index (χ4v) is 3.56. The lowest BCUT2D eigenvalue weighted by molar-refractivity contribution is -0.119. The number of halogens is 1. The van der Waals surface area contributed by atoms with Crippen LogP contribution in [0.5, 0.6) is 0 Å². The molecule has 2 atom stereocenters. The van der Waals surface area contributed by atoms with Crippen LogP contribution in [0, 0.1) is 11.7 Å². The smallest absolute Gasteiger partial charge is 0.217 e. The maximum Gasteiger partial charge on any atom is 0.217 e. The molecule has 3 N–H and O–H groups in total. The number of hydrogen-bond donors (Lipinski definition) is 2. The van der Waals surface area contributed by atoms with Gasteiger partial charge >= 0.3 is 0 Å². The molecule has 150 valence electrons. The van der Waals surface area contributed by atoms with E-state index in [0.29, 0.717) is 13.0 Å². The molecule has 0 spiro atoms. The number of guanidine groups is 1. The second-order valence-corrected chi connectivity index (χ2v) is 7.35. The third kappa shape index (κ3) is 6.50. The third-order valence-electron chi connectivity index (χ3n) is 4.94. The predicted molar refractivity (Wildman–Crippen MR) is 107 cm³/mol. The van der Waals surface area contributed by atoms with Gasteiger partial charge in [-0.15, -0.1) is 0 Å². The van der Waals surface area contributed by atoms with Crippen molar-refractivity contribution in [3.05, 3.63) is 35.6 Å². The van der Waals surface area contributed by atoms with Crippen molar-refractivity contribution in [2.24, 2.45) is 16.6 Å². The van der Waals surface area contributed by atoms with Crippen LogP contribution in [0.2, 0.25) is 0 Å². The Morgan fingerprint density at radius 1 is 1.41 bits per heavy atom. The Hall–Kier alpha value is -2.15. The summed E-state index contributed by atoms with van der Waals surface area (Å²) in [6.07, 6.45) is 2.47. The first kappa shape index (κ1) is 21.2. The highest BCUT2D eigenvalue weighted by atomic mass is 19.1. The van der Waals surface area contributed by atoms with Crippen LogP contribution in [0.4, 0.5) is 4.39 Å². The van der Waals surface area contributed by atoms with Crippen LogP contribution in [0.15, 0.2) is 29.3 Å². The van der Waals surface area contributed by atoms with Crippen molar-refractivity contribution in [3.8, 4) is 0 Å². The van der Waals surface area contributed by atoms with E-state index in [1.807, 2.05) is 33.2 Å². The largest absolute Gasteiger partial charge is 0.370 e. The minimum Gasteiger partial charge on any atom is -0.370 e. The fourth-order valence-electron chi connectivity index (χ4n) is 3.56. The summed E-state index contributed by atoms with van der Waals surface area (Å²) in [6.45, 7) is 5.10. The molecule has 0 aromatic heterocycles. The zero-order chi connectivity index (χ0) is 19.8. The maximum atomic E-state index is 13.2. The van der Waals surface area contributed by atoms with Crippen molar-refractivity contribution in [1.82, 2.24) is 15.1 Å². The number of piperidine rings is 1. The summed E-state index contributed by atoms with van der Waals surface area (Å²) in [5.74, 6) is 0.664. The summed E-state index contributed by atoms with van der Waals surface area (Å²) < 4.78 is 13.2. The monoisotopic (exact) mass is 377 g/mol. The number of hydrogen-bond acceptors (Lipinski definition) is 3. The second kappa shape index (κ2) is 10.3. The molecule has 27 heavy (non-hydrogen) atoms. The van der Waals surface area contributed by atoms with Gasteiger partial charge < -0.3 is 20.9 Å². The first-order valence-corrected chi connectivity index (χ1v) is 9.64. The van der Waals surface area contributed by atoms with Crippen molar-refractivity contribution in [2.45, 2.75) is 32.2 Å². The Balaban J connectivity index is 2.12. The zero-order valence-corrected chi connectivity index (χ0v) is 16.6. The van der Waals surface area contributed by atoms with Gasteiger partial charge in [0.15, 0.2) is 5.96 Å². The Morgan fingerprint density at radius 2 is 2.11 bits per heavy atom.